The molecule has 0 aliphatic carbocycles. The number of thioether (sulfide) groups is 2. The van der Waals surface area contributed by atoms with Gasteiger partial charge in [-0.05, 0) is 19.0 Å². The molecule has 1 aromatic rings. The minimum Gasteiger partial charge on any atom is -0.496 e. The lowest BCUT2D eigenvalue weighted by Crippen LogP contribution is -2.37. The largest absolute Gasteiger partial charge is 0.496 e. The van der Waals surface area contributed by atoms with Gasteiger partial charge >= 0.3 is 0 Å². The molecular formula is C17H27NOS2. The zero-order valence-electron chi connectivity index (χ0n) is 13.5. The van der Waals surface area contributed by atoms with Gasteiger partial charge in [-0.3, -0.25) is 0 Å². The van der Waals surface area contributed by atoms with E-state index in [4.69, 9.17) is 4.74 Å². The molecule has 21 heavy (non-hydrogen) atoms. The number of nitrogens with one attached hydrogen (secondary N) is 1. The van der Waals surface area contributed by atoms with E-state index in [1.807, 2.05) is 6.07 Å². The molecule has 1 aliphatic heterocycles. The van der Waals surface area contributed by atoms with E-state index in [2.05, 4.69) is 67.8 Å². The van der Waals surface area contributed by atoms with Gasteiger partial charge in [0.25, 0.3) is 0 Å². The number of hydrogen-bond donors (Lipinski definition) is 1. The average molecular weight is 326 g/mol. The summed E-state index contributed by atoms with van der Waals surface area (Å²) in [5.41, 5.74) is 1.30. The molecule has 0 bridgehead atoms. The van der Waals surface area contributed by atoms with Crippen molar-refractivity contribution >= 4 is 23.5 Å². The second-order valence-electron chi connectivity index (χ2n) is 5.59. The molecule has 4 heteroatoms. The summed E-state index contributed by atoms with van der Waals surface area (Å²) in [6, 6.07) is 8.81. The highest BCUT2D eigenvalue weighted by atomic mass is 32.2. The van der Waals surface area contributed by atoms with Gasteiger partial charge in [0.05, 0.1) is 7.11 Å². The van der Waals surface area contributed by atoms with Crippen molar-refractivity contribution in [2.45, 2.75) is 49.0 Å². The zero-order valence-corrected chi connectivity index (χ0v) is 15.1. The molecular weight excluding hydrogens is 298 g/mol. The van der Waals surface area contributed by atoms with Crippen LogP contribution in [0.1, 0.15) is 38.8 Å². The molecule has 1 fully saturated rings. The van der Waals surface area contributed by atoms with Crippen LogP contribution in [0.15, 0.2) is 24.3 Å². The van der Waals surface area contributed by atoms with Crippen LogP contribution in [-0.2, 0) is 0 Å². The fourth-order valence-electron chi connectivity index (χ4n) is 2.65. The molecule has 0 aromatic heterocycles. The number of hydrogen-bond acceptors (Lipinski definition) is 4. The Bertz CT molecular complexity index is 441. The lowest BCUT2D eigenvalue weighted by Gasteiger charge is -2.37. The fraction of sp³-hybridized carbons (Fsp3) is 0.647. The van der Waals surface area contributed by atoms with Crippen LogP contribution in [-0.4, -0.2) is 35.2 Å². The predicted molar refractivity (Wildman–Crippen MR) is 96.8 cm³/mol. The summed E-state index contributed by atoms with van der Waals surface area (Å²) in [4.78, 5) is 0. The van der Waals surface area contributed by atoms with Crippen LogP contribution >= 0.6 is 23.5 Å². The number of rotatable bonds is 6. The SMILES string of the molecule is CCCNC(c1ccccc1OC)C1CSC(C)C(C)S1. The first-order valence-electron chi connectivity index (χ1n) is 7.80. The molecule has 118 valence electrons. The first kappa shape index (κ1) is 17.0. The molecule has 1 heterocycles. The summed E-state index contributed by atoms with van der Waals surface area (Å²) in [6.45, 7) is 7.97. The van der Waals surface area contributed by atoms with Crippen LogP contribution in [0.5, 0.6) is 5.75 Å². The molecule has 0 spiro atoms. The van der Waals surface area contributed by atoms with E-state index in [1.165, 1.54) is 11.3 Å². The van der Waals surface area contributed by atoms with E-state index in [-0.39, 0.29) is 0 Å². The number of methoxy groups -OCH3 is 1. The summed E-state index contributed by atoms with van der Waals surface area (Å²) in [7, 11) is 1.77. The van der Waals surface area contributed by atoms with E-state index in [0.29, 0.717) is 16.5 Å². The maximum Gasteiger partial charge on any atom is 0.123 e. The highest BCUT2D eigenvalue weighted by Crippen LogP contribution is 2.42. The second kappa shape index (κ2) is 8.35. The molecule has 0 amide bonds. The number of para-hydroxylation sites is 1. The molecule has 0 saturated carbocycles. The van der Waals surface area contributed by atoms with E-state index >= 15 is 0 Å². The van der Waals surface area contributed by atoms with Crippen LogP contribution in [0.25, 0.3) is 0 Å². The highest BCUT2D eigenvalue weighted by Gasteiger charge is 2.32. The van der Waals surface area contributed by atoms with Crippen molar-refractivity contribution in [1.29, 1.82) is 0 Å². The van der Waals surface area contributed by atoms with Gasteiger partial charge in [0.15, 0.2) is 0 Å². The van der Waals surface area contributed by atoms with Gasteiger partial charge < -0.3 is 10.1 Å². The first-order chi connectivity index (χ1) is 10.2. The van der Waals surface area contributed by atoms with Gasteiger partial charge in [0.1, 0.15) is 5.75 Å². The summed E-state index contributed by atoms with van der Waals surface area (Å²) >= 11 is 4.23. The maximum absolute atomic E-state index is 5.59. The molecule has 1 saturated heterocycles. The third-order valence-electron chi connectivity index (χ3n) is 4.03. The molecule has 4 unspecified atom stereocenters. The lowest BCUT2D eigenvalue weighted by atomic mass is 10.0. The van der Waals surface area contributed by atoms with Gasteiger partial charge in [-0.1, -0.05) is 39.0 Å². The first-order valence-corrected chi connectivity index (χ1v) is 9.79. The highest BCUT2D eigenvalue weighted by molar-refractivity contribution is 8.07. The Morgan fingerprint density at radius 3 is 2.71 bits per heavy atom. The van der Waals surface area contributed by atoms with Crippen LogP contribution in [0.2, 0.25) is 0 Å². The van der Waals surface area contributed by atoms with Crippen molar-refractivity contribution in [2.75, 3.05) is 19.4 Å². The smallest absolute Gasteiger partial charge is 0.123 e. The van der Waals surface area contributed by atoms with E-state index in [0.717, 1.165) is 24.0 Å². The molecule has 2 rings (SSSR count). The van der Waals surface area contributed by atoms with E-state index < -0.39 is 0 Å². The Kier molecular flexibility index (Phi) is 6.77. The standard InChI is InChI=1S/C17H27NOS2/c1-5-10-18-17(14-8-6-7-9-15(14)19-4)16-11-20-12(2)13(3)21-16/h6-9,12-13,16-18H,5,10-11H2,1-4H3. The number of ether oxygens (including phenoxy) is 1. The fourth-order valence-corrected chi connectivity index (χ4v) is 5.75. The average Bonchev–Trinajstić information content (AvgIpc) is 2.51. The summed E-state index contributed by atoms with van der Waals surface area (Å²) < 4.78 is 5.59. The summed E-state index contributed by atoms with van der Waals surface area (Å²) in [6.07, 6.45) is 1.15. The van der Waals surface area contributed by atoms with Crippen molar-refractivity contribution < 1.29 is 4.74 Å². The monoisotopic (exact) mass is 325 g/mol. The van der Waals surface area contributed by atoms with Gasteiger partial charge in [-0.15, -0.1) is 0 Å². The van der Waals surface area contributed by atoms with Gasteiger partial charge in [-0.2, -0.15) is 23.5 Å². The predicted octanol–water partition coefficient (Wildman–Crippen LogP) is 4.36. The third kappa shape index (κ3) is 4.33. The van der Waals surface area contributed by atoms with Crippen molar-refractivity contribution in [1.82, 2.24) is 5.32 Å². The quantitative estimate of drug-likeness (QED) is 0.838. The molecule has 4 atom stereocenters. The van der Waals surface area contributed by atoms with Crippen molar-refractivity contribution in [3.8, 4) is 5.75 Å². The van der Waals surface area contributed by atoms with Crippen LogP contribution in [0, 0.1) is 0 Å². The van der Waals surface area contributed by atoms with E-state index in [9.17, 15) is 0 Å². The molecule has 1 aromatic carbocycles. The number of benzene rings is 1. The Labute approximate surface area is 137 Å². The Balaban J connectivity index is 2.21. The maximum atomic E-state index is 5.59. The zero-order chi connectivity index (χ0) is 15.2. The third-order valence-corrected chi connectivity index (χ3v) is 7.53. The van der Waals surface area contributed by atoms with Crippen LogP contribution < -0.4 is 10.1 Å². The topological polar surface area (TPSA) is 21.3 Å². The molecule has 1 N–H and O–H groups in total. The van der Waals surface area contributed by atoms with Gasteiger partial charge in [-0.25, -0.2) is 0 Å². The normalized spacial score (nSPS) is 27.3. The minimum absolute atomic E-state index is 0.369. The summed E-state index contributed by atoms with van der Waals surface area (Å²) in [5, 5.41) is 5.80. The van der Waals surface area contributed by atoms with Crippen molar-refractivity contribution in [2.24, 2.45) is 0 Å². The Morgan fingerprint density at radius 2 is 2.05 bits per heavy atom. The minimum atomic E-state index is 0.369. The van der Waals surface area contributed by atoms with Gasteiger partial charge in [0, 0.05) is 33.1 Å². The van der Waals surface area contributed by atoms with Crippen molar-refractivity contribution in [3.05, 3.63) is 29.8 Å². The van der Waals surface area contributed by atoms with Crippen LogP contribution in [0.4, 0.5) is 0 Å². The second-order valence-corrected chi connectivity index (χ2v) is 8.62. The van der Waals surface area contributed by atoms with E-state index in [1.54, 1.807) is 7.11 Å². The molecule has 0 radical (unpaired) electrons. The Hall–Kier alpha value is -0.320. The molecule has 1 aliphatic rings. The summed E-state index contributed by atoms with van der Waals surface area (Å²) in [5.74, 6) is 2.21. The Morgan fingerprint density at radius 1 is 1.29 bits per heavy atom. The lowest BCUT2D eigenvalue weighted by molar-refractivity contribution is 0.398. The molecule has 2 nitrogen and oxygen atoms in total. The van der Waals surface area contributed by atoms with Crippen molar-refractivity contribution in [3.63, 3.8) is 0 Å². The van der Waals surface area contributed by atoms with Gasteiger partial charge in [0.2, 0.25) is 0 Å². The van der Waals surface area contributed by atoms with Crippen LogP contribution in [0.3, 0.4) is 0 Å².